The average molecular weight is 348 g/mol. The van der Waals surface area contributed by atoms with E-state index < -0.39 is 0 Å². The Morgan fingerprint density at radius 1 is 0.952 bits per heavy atom. The van der Waals surface area contributed by atoms with Crippen LogP contribution in [0.15, 0.2) is 49.7 Å². The van der Waals surface area contributed by atoms with Gasteiger partial charge in [-0.05, 0) is 57.2 Å². The summed E-state index contributed by atoms with van der Waals surface area (Å²) in [6.07, 6.45) is 0. The van der Waals surface area contributed by atoms with Crippen molar-refractivity contribution < 1.29 is 8.83 Å². The van der Waals surface area contributed by atoms with Crippen LogP contribution in [0.2, 0.25) is 0 Å². The summed E-state index contributed by atoms with van der Waals surface area (Å²) >= 11 is 3.48. The molecule has 0 fully saturated rings. The molecule has 2 aromatic heterocycles. The summed E-state index contributed by atoms with van der Waals surface area (Å²) in [5.74, 6) is 2.80. The fourth-order valence-corrected chi connectivity index (χ4v) is 2.85. The molecular weight excluding hydrogens is 330 g/mol. The zero-order valence-electron chi connectivity index (χ0n) is 12.3. The van der Waals surface area contributed by atoms with Crippen LogP contribution < -0.4 is 5.32 Å². The molecule has 0 saturated carbocycles. The van der Waals surface area contributed by atoms with Crippen LogP contribution in [0.1, 0.15) is 43.2 Å². The molecule has 0 spiro atoms. The molecule has 0 bridgehead atoms. The van der Waals surface area contributed by atoms with E-state index in [4.69, 9.17) is 8.83 Å². The molecule has 1 N–H and O–H groups in total. The van der Waals surface area contributed by atoms with Crippen LogP contribution in [-0.2, 0) is 0 Å². The van der Waals surface area contributed by atoms with E-state index in [9.17, 15) is 0 Å². The van der Waals surface area contributed by atoms with Crippen molar-refractivity contribution in [1.29, 1.82) is 0 Å². The number of halogens is 1. The van der Waals surface area contributed by atoms with E-state index in [-0.39, 0.29) is 12.1 Å². The summed E-state index contributed by atoms with van der Waals surface area (Å²) < 4.78 is 12.6. The van der Waals surface area contributed by atoms with Gasteiger partial charge in [0, 0.05) is 9.86 Å². The van der Waals surface area contributed by atoms with Gasteiger partial charge >= 0.3 is 0 Å². The molecule has 3 rings (SSSR count). The quantitative estimate of drug-likeness (QED) is 0.676. The van der Waals surface area contributed by atoms with E-state index >= 15 is 0 Å². The van der Waals surface area contributed by atoms with E-state index in [1.54, 1.807) is 0 Å². The van der Waals surface area contributed by atoms with Gasteiger partial charge in [0.15, 0.2) is 0 Å². The Kier molecular flexibility index (Phi) is 3.91. The number of furan rings is 2. The van der Waals surface area contributed by atoms with Gasteiger partial charge in [-0.3, -0.25) is 5.32 Å². The zero-order chi connectivity index (χ0) is 15.0. The largest absolute Gasteiger partial charge is 0.465 e. The molecule has 110 valence electrons. The van der Waals surface area contributed by atoms with Crippen molar-refractivity contribution >= 4 is 26.9 Å². The first-order chi connectivity index (χ1) is 10.0. The summed E-state index contributed by atoms with van der Waals surface area (Å²) in [5, 5.41) is 4.61. The van der Waals surface area contributed by atoms with Crippen LogP contribution in [0.4, 0.5) is 0 Å². The molecule has 0 saturated heterocycles. The van der Waals surface area contributed by atoms with Crippen molar-refractivity contribution in [1.82, 2.24) is 5.32 Å². The van der Waals surface area contributed by atoms with E-state index in [1.165, 1.54) is 0 Å². The number of nitrogens with one attached hydrogen (secondary N) is 1. The smallest absolute Gasteiger partial charge is 0.134 e. The highest BCUT2D eigenvalue weighted by Gasteiger charge is 2.17. The summed E-state index contributed by atoms with van der Waals surface area (Å²) in [4.78, 5) is 0. The Hall–Kier alpha value is -1.52. The van der Waals surface area contributed by atoms with Crippen LogP contribution in [0.5, 0.6) is 0 Å². The molecule has 3 aromatic rings. The normalized spacial score (nSPS) is 14.5. The Balaban J connectivity index is 1.78. The molecule has 3 nitrogen and oxygen atoms in total. The van der Waals surface area contributed by atoms with Crippen molar-refractivity contribution in [2.45, 2.75) is 32.9 Å². The average Bonchev–Trinajstić information content (AvgIpc) is 3.04. The maximum Gasteiger partial charge on any atom is 0.134 e. The zero-order valence-corrected chi connectivity index (χ0v) is 13.9. The minimum Gasteiger partial charge on any atom is -0.465 e. The first-order valence-electron chi connectivity index (χ1n) is 7.04. The maximum atomic E-state index is 5.91. The SMILES string of the molecule is Cc1ccc(C(C)NC(C)c2cc3cc(Br)ccc3o2)o1. The second kappa shape index (κ2) is 5.70. The first-order valence-corrected chi connectivity index (χ1v) is 7.83. The molecule has 0 aliphatic carbocycles. The highest BCUT2D eigenvalue weighted by Crippen LogP contribution is 2.28. The van der Waals surface area contributed by atoms with E-state index in [0.717, 1.165) is 32.7 Å². The molecule has 21 heavy (non-hydrogen) atoms. The van der Waals surface area contributed by atoms with Crippen molar-refractivity contribution in [3.05, 3.63) is 58.2 Å². The lowest BCUT2D eigenvalue weighted by Crippen LogP contribution is -2.21. The lowest BCUT2D eigenvalue weighted by molar-refractivity contribution is 0.367. The number of hydrogen-bond acceptors (Lipinski definition) is 3. The molecule has 0 radical (unpaired) electrons. The molecule has 2 unspecified atom stereocenters. The number of benzene rings is 1. The molecule has 1 aromatic carbocycles. The lowest BCUT2D eigenvalue weighted by Gasteiger charge is -2.16. The van der Waals surface area contributed by atoms with Crippen molar-refractivity contribution in [2.75, 3.05) is 0 Å². The van der Waals surface area contributed by atoms with Gasteiger partial charge < -0.3 is 8.83 Å². The standard InChI is InChI=1S/C17H18BrNO2/c1-10-4-6-15(20-10)11(2)19-12(3)17-9-13-8-14(18)5-7-16(13)21-17/h4-9,11-12,19H,1-3H3. The van der Waals surface area contributed by atoms with E-state index in [1.807, 2.05) is 31.2 Å². The van der Waals surface area contributed by atoms with E-state index in [0.29, 0.717) is 0 Å². The number of aryl methyl sites for hydroxylation is 1. The van der Waals surface area contributed by atoms with Crippen molar-refractivity contribution in [3.8, 4) is 0 Å². The second-order valence-electron chi connectivity index (χ2n) is 5.39. The fraction of sp³-hybridized carbons (Fsp3) is 0.294. The Morgan fingerprint density at radius 2 is 1.71 bits per heavy atom. The molecule has 4 heteroatoms. The third kappa shape index (κ3) is 3.06. The fourth-order valence-electron chi connectivity index (χ4n) is 2.47. The number of hydrogen-bond donors (Lipinski definition) is 1. The topological polar surface area (TPSA) is 38.3 Å². The predicted molar refractivity (Wildman–Crippen MR) is 87.3 cm³/mol. The van der Waals surface area contributed by atoms with Gasteiger partial charge in [-0.1, -0.05) is 15.9 Å². The van der Waals surface area contributed by atoms with Gasteiger partial charge in [-0.15, -0.1) is 0 Å². The Labute approximate surface area is 132 Å². The molecule has 0 amide bonds. The highest BCUT2D eigenvalue weighted by atomic mass is 79.9. The van der Waals surface area contributed by atoms with Gasteiger partial charge in [0.2, 0.25) is 0 Å². The van der Waals surface area contributed by atoms with Gasteiger partial charge in [0.1, 0.15) is 22.9 Å². The molecule has 2 atom stereocenters. The van der Waals surface area contributed by atoms with Crippen LogP contribution in [-0.4, -0.2) is 0 Å². The Bertz CT molecular complexity index is 759. The molecule has 0 aliphatic heterocycles. The maximum absolute atomic E-state index is 5.91. The molecule has 2 heterocycles. The van der Waals surface area contributed by atoms with Gasteiger partial charge in [0.05, 0.1) is 12.1 Å². The predicted octanol–water partition coefficient (Wildman–Crippen LogP) is 5.51. The van der Waals surface area contributed by atoms with Gasteiger partial charge in [-0.25, -0.2) is 0 Å². The van der Waals surface area contributed by atoms with Crippen molar-refractivity contribution in [3.63, 3.8) is 0 Å². The monoisotopic (exact) mass is 347 g/mol. The Morgan fingerprint density at radius 3 is 2.43 bits per heavy atom. The summed E-state index contributed by atoms with van der Waals surface area (Å²) in [6.45, 7) is 6.14. The van der Waals surface area contributed by atoms with Crippen LogP contribution in [0.25, 0.3) is 11.0 Å². The lowest BCUT2D eigenvalue weighted by atomic mass is 10.1. The number of rotatable bonds is 4. The van der Waals surface area contributed by atoms with Crippen LogP contribution in [0, 0.1) is 6.92 Å². The van der Waals surface area contributed by atoms with Crippen LogP contribution >= 0.6 is 15.9 Å². The third-order valence-electron chi connectivity index (χ3n) is 3.61. The van der Waals surface area contributed by atoms with Crippen molar-refractivity contribution in [2.24, 2.45) is 0 Å². The minimum atomic E-state index is 0.108. The molecule has 0 aliphatic rings. The van der Waals surface area contributed by atoms with Gasteiger partial charge in [0.25, 0.3) is 0 Å². The summed E-state index contributed by atoms with van der Waals surface area (Å²) in [5.41, 5.74) is 0.906. The summed E-state index contributed by atoms with van der Waals surface area (Å²) in [7, 11) is 0. The van der Waals surface area contributed by atoms with Gasteiger partial charge in [-0.2, -0.15) is 0 Å². The summed E-state index contributed by atoms with van der Waals surface area (Å²) in [6, 6.07) is 12.3. The molecular formula is C17H18BrNO2. The first kappa shape index (κ1) is 14.4. The van der Waals surface area contributed by atoms with E-state index in [2.05, 4.69) is 47.2 Å². The third-order valence-corrected chi connectivity index (χ3v) is 4.11. The second-order valence-corrected chi connectivity index (χ2v) is 6.31. The number of fused-ring (bicyclic) bond motifs is 1. The minimum absolute atomic E-state index is 0.108. The van der Waals surface area contributed by atoms with Crippen LogP contribution in [0.3, 0.4) is 0 Å². The highest BCUT2D eigenvalue weighted by molar-refractivity contribution is 9.10.